The summed E-state index contributed by atoms with van der Waals surface area (Å²) in [4.78, 5) is 0. The second kappa shape index (κ2) is 8.46. The molecule has 0 amide bonds. The van der Waals surface area contributed by atoms with Gasteiger partial charge < -0.3 is 5.32 Å². The molecule has 1 heteroatoms. The minimum atomic E-state index is 0.199. The smallest absolute Gasteiger partial charge is 0.00967 e. The van der Waals surface area contributed by atoms with E-state index in [9.17, 15) is 0 Å². The summed E-state index contributed by atoms with van der Waals surface area (Å²) in [5, 5.41) is 3.67. The molecule has 0 fully saturated rings. The summed E-state index contributed by atoms with van der Waals surface area (Å²) >= 11 is 0. The summed E-state index contributed by atoms with van der Waals surface area (Å²) in [5.74, 6) is 1.47. The fourth-order valence-corrected chi connectivity index (χ4v) is 2.48. The van der Waals surface area contributed by atoms with Crippen molar-refractivity contribution in [1.29, 1.82) is 0 Å². The van der Waals surface area contributed by atoms with Crippen molar-refractivity contribution in [1.82, 2.24) is 5.32 Å². The molecule has 1 aromatic rings. The van der Waals surface area contributed by atoms with Crippen molar-refractivity contribution in [2.24, 2.45) is 5.92 Å². The Bertz CT molecular complexity index is 348. The summed E-state index contributed by atoms with van der Waals surface area (Å²) in [6.07, 6.45) is 5.34. The molecule has 1 nitrogen and oxygen atoms in total. The van der Waals surface area contributed by atoms with Gasteiger partial charge in [0, 0.05) is 12.1 Å². The highest BCUT2D eigenvalue weighted by molar-refractivity contribution is 5.19. The molecule has 0 radical (unpaired) electrons. The molecule has 0 saturated heterocycles. The van der Waals surface area contributed by atoms with Gasteiger partial charge in [0.2, 0.25) is 0 Å². The van der Waals surface area contributed by atoms with Gasteiger partial charge in [0.1, 0.15) is 0 Å². The van der Waals surface area contributed by atoms with Crippen LogP contribution in [0.5, 0.6) is 0 Å². The predicted molar refractivity (Wildman–Crippen MR) is 90.2 cm³/mol. The molecule has 0 saturated carbocycles. The fourth-order valence-electron chi connectivity index (χ4n) is 2.48. The lowest BCUT2D eigenvalue weighted by Gasteiger charge is -2.26. The van der Waals surface area contributed by atoms with Gasteiger partial charge in [-0.05, 0) is 44.6 Å². The third-order valence-electron chi connectivity index (χ3n) is 3.73. The molecular formula is C19H33N. The van der Waals surface area contributed by atoms with Crippen molar-refractivity contribution >= 4 is 0 Å². The highest BCUT2D eigenvalue weighted by Gasteiger charge is 2.15. The maximum absolute atomic E-state index is 3.67. The van der Waals surface area contributed by atoms with E-state index in [0.717, 1.165) is 12.5 Å². The molecule has 0 aliphatic rings. The van der Waals surface area contributed by atoms with Crippen LogP contribution in [0.2, 0.25) is 0 Å². The van der Waals surface area contributed by atoms with Crippen LogP contribution < -0.4 is 5.32 Å². The first kappa shape index (κ1) is 17.2. The summed E-state index contributed by atoms with van der Waals surface area (Å²) in [6, 6.07) is 11.0. The second-order valence-corrected chi connectivity index (χ2v) is 7.42. The number of nitrogens with one attached hydrogen (secondary N) is 1. The summed E-state index contributed by atoms with van der Waals surface area (Å²) in [6.45, 7) is 12.4. The van der Waals surface area contributed by atoms with Crippen LogP contribution in [0.1, 0.15) is 71.8 Å². The molecular weight excluding hydrogens is 242 g/mol. The molecule has 0 aliphatic heterocycles. The van der Waals surface area contributed by atoms with Crippen LogP contribution in [-0.2, 0) is 0 Å². The van der Waals surface area contributed by atoms with Gasteiger partial charge in [-0.1, -0.05) is 63.4 Å². The van der Waals surface area contributed by atoms with E-state index in [0.29, 0.717) is 5.92 Å². The minimum absolute atomic E-state index is 0.199. The van der Waals surface area contributed by atoms with Crippen molar-refractivity contribution in [2.45, 2.75) is 71.8 Å². The van der Waals surface area contributed by atoms with Crippen molar-refractivity contribution in [3.05, 3.63) is 35.9 Å². The van der Waals surface area contributed by atoms with Crippen molar-refractivity contribution < 1.29 is 0 Å². The monoisotopic (exact) mass is 275 g/mol. The fraction of sp³-hybridized carbons (Fsp3) is 0.684. The Labute approximate surface area is 126 Å². The number of hydrogen-bond donors (Lipinski definition) is 1. The van der Waals surface area contributed by atoms with Gasteiger partial charge in [0.15, 0.2) is 0 Å². The van der Waals surface area contributed by atoms with E-state index in [2.05, 4.69) is 70.3 Å². The molecule has 1 N–H and O–H groups in total. The first-order valence-corrected chi connectivity index (χ1v) is 8.18. The van der Waals surface area contributed by atoms with E-state index in [1.807, 2.05) is 0 Å². The first-order chi connectivity index (χ1) is 9.38. The number of benzene rings is 1. The van der Waals surface area contributed by atoms with Crippen molar-refractivity contribution in [3.8, 4) is 0 Å². The van der Waals surface area contributed by atoms with E-state index in [4.69, 9.17) is 0 Å². The molecule has 0 aromatic heterocycles. The van der Waals surface area contributed by atoms with Crippen LogP contribution in [0.4, 0.5) is 0 Å². The van der Waals surface area contributed by atoms with Gasteiger partial charge in [0.25, 0.3) is 0 Å². The number of unbranched alkanes of at least 4 members (excludes halogenated alkanes) is 1. The maximum Gasteiger partial charge on any atom is 0.00967 e. The summed E-state index contributed by atoms with van der Waals surface area (Å²) in [7, 11) is 0. The minimum Gasteiger partial charge on any atom is -0.311 e. The highest BCUT2D eigenvalue weighted by atomic mass is 14.9. The molecule has 0 aliphatic carbocycles. The Morgan fingerprint density at radius 1 is 0.950 bits per heavy atom. The average Bonchev–Trinajstić information content (AvgIpc) is 2.37. The standard InChI is InChI=1S/C19H33N/c1-16(2)11-9-10-14-18(15-20-19(3,4)5)17-12-7-6-8-13-17/h6-8,12-13,16,18,20H,9-11,14-15H2,1-5H3. The quantitative estimate of drug-likeness (QED) is 0.628. The van der Waals surface area contributed by atoms with Crippen LogP contribution in [0, 0.1) is 5.92 Å². The lowest BCUT2D eigenvalue weighted by atomic mass is 9.91. The Morgan fingerprint density at radius 2 is 1.55 bits per heavy atom. The van der Waals surface area contributed by atoms with Crippen molar-refractivity contribution in [3.63, 3.8) is 0 Å². The largest absolute Gasteiger partial charge is 0.311 e. The topological polar surface area (TPSA) is 12.0 Å². The summed E-state index contributed by atoms with van der Waals surface area (Å²) < 4.78 is 0. The van der Waals surface area contributed by atoms with Crippen molar-refractivity contribution in [2.75, 3.05) is 6.54 Å². The Morgan fingerprint density at radius 3 is 2.10 bits per heavy atom. The molecule has 114 valence electrons. The number of rotatable bonds is 8. The predicted octanol–water partition coefficient (Wildman–Crippen LogP) is 5.37. The molecule has 1 atom stereocenters. The van der Waals surface area contributed by atoms with Crippen LogP contribution >= 0.6 is 0 Å². The Hall–Kier alpha value is -0.820. The van der Waals surface area contributed by atoms with E-state index in [1.54, 1.807) is 0 Å². The molecule has 1 rings (SSSR count). The molecule has 0 bridgehead atoms. The average molecular weight is 275 g/mol. The van der Waals surface area contributed by atoms with Gasteiger partial charge in [0.05, 0.1) is 0 Å². The summed E-state index contributed by atoms with van der Waals surface area (Å²) in [5.41, 5.74) is 1.68. The van der Waals surface area contributed by atoms with Gasteiger partial charge in [-0.25, -0.2) is 0 Å². The van der Waals surface area contributed by atoms with Gasteiger partial charge in [-0.3, -0.25) is 0 Å². The zero-order chi connectivity index (χ0) is 15.0. The lowest BCUT2D eigenvalue weighted by molar-refractivity contribution is 0.391. The van der Waals surface area contributed by atoms with Crippen LogP contribution in [0.25, 0.3) is 0 Å². The Balaban J connectivity index is 2.51. The third kappa shape index (κ3) is 7.69. The first-order valence-electron chi connectivity index (χ1n) is 8.18. The van der Waals surface area contributed by atoms with Crippen LogP contribution in [-0.4, -0.2) is 12.1 Å². The Kier molecular flexibility index (Phi) is 7.29. The lowest BCUT2D eigenvalue weighted by Crippen LogP contribution is -2.38. The second-order valence-electron chi connectivity index (χ2n) is 7.42. The van der Waals surface area contributed by atoms with Crippen LogP contribution in [0.3, 0.4) is 0 Å². The molecule has 1 aromatic carbocycles. The van der Waals surface area contributed by atoms with E-state index in [1.165, 1.54) is 31.2 Å². The zero-order valence-corrected chi connectivity index (χ0v) is 14.1. The van der Waals surface area contributed by atoms with Gasteiger partial charge in [-0.15, -0.1) is 0 Å². The number of hydrogen-bond acceptors (Lipinski definition) is 1. The molecule has 0 heterocycles. The molecule has 1 unspecified atom stereocenters. The van der Waals surface area contributed by atoms with Gasteiger partial charge >= 0.3 is 0 Å². The molecule has 0 spiro atoms. The zero-order valence-electron chi connectivity index (χ0n) is 14.1. The third-order valence-corrected chi connectivity index (χ3v) is 3.73. The highest BCUT2D eigenvalue weighted by Crippen LogP contribution is 2.23. The SMILES string of the molecule is CC(C)CCCCC(CNC(C)(C)C)c1ccccc1. The van der Waals surface area contributed by atoms with E-state index in [-0.39, 0.29) is 5.54 Å². The van der Waals surface area contributed by atoms with E-state index < -0.39 is 0 Å². The maximum atomic E-state index is 3.67. The van der Waals surface area contributed by atoms with E-state index >= 15 is 0 Å². The normalized spacial score (nSPS) is 13.7. The van der Waals surface area contributed by atoms with Crippen LogP contribution in [0.15, 0.2) is 30.3 Å². The molecule has 20 heavy (non-hydrogen) atoms. The van der Waals surface area contributed by atoms with Gasteiger partial charge in [-0.2, -0.15) is 0 Å².